The number of hydrogen-bond donors (Lipinski definition) is 2. The highest BCUT2D eigenvalue weighted by Crippen LogP contribution is 2.40. The van der Waals surface area contributed by atoms with E-state index in [0.717, 1.165) is 16.5 Å². The largest absolute Gasteiger partial charge is 0.352 e. The van der Waals surface area contributed by atoms with E-state index in [2.05, 4.69) is 25.4 Å². The summed E-state index contributed by atoms with van der Waals surface area (Å²) in [6, 6.07) is 5.15. The molecule has 3 aromatic heterocycles. The van der Waals surface area contributed by atoms with Gasteiger partial charge in [0.1, 0.15) is 27.3 Å². The number of nitrogens with zero attached hydrogens (tertiary/aromatic N) is 6. The summed E-state index contributed by atoms with van der Waals surface area (Å²) in [5.41, 5.74) is 8.27. The van der Waals surface area contributed by atoms with Crippen LogP contribution >= 0.6 is 0 Å². The lowest BCUT2D eigenvalue weighted by Crippen LogP contribution is -2.63. The molecule has 37 heavy (non-hydrogen) atoms. The molecule has 5 rings (SSSR count). The number of halogens is 1. The smallest absolute Gasteiger partial charge is 0.164 e. The minimum Gasteiger partial charge on any atom is -0.352 e. The summed E-state index contributed by atoms with van der Waals surface area (Å²) < 4.78 is 40.6. The molecule has 1 aliphatic heterocycles. The second kappa shape index (κ2) is 9.34. The van der Waals surface area contributed by atoms with E-state index >= 15 is 4.39 Å². The van der Waals surface area contributed by atoms with Crippen LogP contribution < -0.4 is 16.0 Å². The second-order valence-corrected chi connectivity index (χ2v) is 12.0. The lowest BCUT2D eigenvalue weighted by atomic mass is 9.91. The van der Waals surface area contributed by atoms with E-state index in [9.17, 15) is 8.42 Å². The van der Waals surface area contributed by atoms with Gasteiger partial charge in [0, 0.05) is 49.7 Å². The first-order valence-electron chi connectivity index (χ1n) is 11.9. The van der Waals surface area contributed by atoms with Gasteiger partial charge in [-0.15, -0.1) is 0 Å². The van der Waals surface area contributed by atoms with E-state index in [4.69, 9.17) is 5.73 Å². The molecule has 0 amide bonds. The van der Waals surface area contributed by atoms with Crippen molar-refractivity contribution in [3.05, 3.63) is 54.4 Å². The number of anilines is 3. The Morgan fingerprint density at radius 1 is 1.19 bits per heavy atom. The first-order valence-corrected chi connectivity index (χ1v) is 14.0. The Morgan fingerprint density at radius 3 is 2.62 bits per heavy atom. The molecule has 12 heteroatoms. The Bertz CT molecular complexity index is 1590. The Morgan fingerprint density at radius 2 is 1.97 bits per heavy atom. The molecule has 0 radical (unpaired) electrons. The number of sulfone groups is 1. The number of fused-ring (bicyclic) bond motifs is 1. The normalized spacial score (nSPS) is 17.9. The summed E-state index contributed by atoms with van der Waals surface area (Å²) in [6.07, 6.45) is 7.40. The number of nitrogens with two attached hydrogens (primary N) is 1. The van der Waals surface area contributed by atoms with Gasteiger partial charge in [-0.1, -0.05) is 13.8 Å². The monoisotopic (exact) mass is 524 g/mol. The molecule has 1 aliphatic rings. The van der Waals surface area contributed by atoms with Crippen LogP contribution in [0.15, 0.2) is 43.0 Å². The minimum absolute atomic E-state index is 0.0272. The molecule has 0 aliphatic carbocycles. The fourth-order valence-corrected chi connectivity index (χ4v) is 5.83. The summed E-state index contributed by atoms with van der Waals surface area (Å²) in [6.45, 7) is 4.37. The van der Waals surface area contributed by atoms with Gasteiger partial charge in [-0.2, -0.15) is 5.10 Å². The quantitative estimate of drug-likeness (QED) is 0.374. The average Bonchev–Trinajstić information content (AvgIpc) is 3.27. The summed E-state index contributed by atoms with van der Waals surface area (Å²) >= 11 is 0. The third-order valence-corrected chi connectivity index (χ3v) is 7.59. The van der Waals surface area contributed by atoms with Crippen LogP contribution in [-0.2, 0) is 16.9 Å². The summed E-state index contributed by atoms with van der Waals surface area (Å²) in [4.78, 5) is 15.1. The van der Waals surface area contributed by atoms with Gasteiger partial charge in [0.05, 0.1) is 29.4 Å². The van der Waals surface area contributed by atoms with Crippen molar-refractivity contribution < 1.29 is 12.8 Å². The van der Waals surface area contributed by atoms with Crippen LogP contribution in [0.25, 0.3) is 22.2 Å². The zero-order valence-electron chi connectivity index (χ0n) is 21.1. The van der Waals surface area contributed by atoms with Crippen LogP contribution in [0.3, 0.4) is 0 Å². The van der Waals surface area contributed by atoms with E-state index in [1.165, 1.54) is 12.3 Å². The zero-order valence-corrected chi connectivity index (χ0v) is 21.9. The molecule has 1 aromatic carbocycles. The molecule has 10 nitrogen and oxygen atoms in total. The fourth-order valence-electron chi connectivity index (χ4n) is 4.75. The summed E-state index contributed by atoms with van der Waals surface area (Å²) in [5, 5.41) is 8.85. The number of rotatable bonds is 7. The molecule has 4 heterocycles. The van der Waals surface area contributed by atoms with Crippen molar-refractivity contribution in [3.8, 4) is 11.4 Å². The average molecular weight is 525 g/mol. The molecular weight excluding hydrogens is 495 g/mol. The molecule has 194 valence electrons. The summed E-state index contributed by atoms with van der Waals surface area (Å²) in [5.74, 6) is 1.01. The lowest BCUT2D eigenvalue weighted by Gasteiger charge is -2.47. The van der Waals surface area contributed by atoms with Crippen LogP contribution in [-0.4, -0.2) is 57.9 Å². The van der Waals surface area contributed by atoms with Crippen molar-refractivity contribution in [2.45, 2.75) is 25.9 Å². The highest BCUT2D eigenvalue weighted by molar-refractivity contribution is 7.90. The highest BCUT2D eigenvalue weighted by Gasteiger charge is 2.40. The van der Waals surface area contributed by atoms with E-state index in [-0.39, 0.29) is 17.6 Å². The van der Waals surface area contributed by atoms with Crippen LogP contribution in [0.4, 0.5) is 21.7 Å². The molecule has 0 bridgehead atoms. The maximum atomic E-state index is 15.4. The van der Waals surface area contributed by atoms with Gasteiger partial charge in [0.15, 0.2) is 5.82 Å². The molecule has 0 unspecified atom stereocenters. The number of pyridine rings is 1. The van der Waals surface area contributed by atoms with E-state index in [1.54, 1.807) is 34.2 Å². The molecule has 3 N–H and O–H groups in total. The number of hydrogen-bond acceptors (Lipinski definition) is 9. The topological polar surface area (TPSA) is 132 Å². The van der Waals surface area contributed by atoms with Gasteiger partial charge in [0.2, 0.25) is 0 Å². The van der Waals surface area contributed by atoms with Crippen molar-refractivity contribution in [1.82, 2.24) is 24.7 Å². The minimum atomic E-state index is -3.18. The third kappa shape index (κ3) is 4.98. The van der Waals surface area contributed by atoms with Crippen molar-refractivity contribution in [2.75, 3.05) is 28.8 Å². The molecule has 1 fully saturated rings. The molecule has 0 saturated carbocycles. The van der Waals surface area contributed by atoms with E-state index < -0.39 is 21.8 Å². The Labute approximate surface area is 214 Å². The Kier molecular flexibility index (Phi) is 6.32. The van der Waals surface area contributed by atoms with Crippen molar-refractivity contribution in [2.24, 2.45) is 18.7 Å². The Hall–Kier alpha value is -3.64. The van der Waals surface area contributed by atoms with Crippen LogP contribution in [0.2, 0.25) is 0 Å². The van der Waals surface area contributed by atoms with Gasteiger partial charge in [-0.3, -0.25) is 4.68 Å². The predicted molar refractivity (Wildman–Crippen MR) is 142 cm³/mol. The highest BCUT2D eigenvalue weighted by atomic mass is 32.2. The van der Waals surface area contributed by atoms with E-state index in [0.29, 0.717) is 35.1 Å². The van der Waals surface area contributed by atoms with Gasteiger partial charge in [-0.25, -0.2) is 27.8 Å². The lowest BCUT2D eigenvalue weighted by molar-refractivity contribution is 0.324. The fraction of sp³-hybridized carbons (Fsp3) is 0.360. The summed E-state index contributed by atoms with van der Waals surface area (Å²) in [7, 11) is -1.36. The molecule has 1 saturated heterocycles. The van der Waals surface area contributed by atoms with Crippen molar-refractivity contribution in [3.63, 3.8) is 0 Å². The number of aryl methyl sites for hydroxylation is 1. The molecule has 0 spiro atoms. The van der Waals surface area contributed by atoms with Gasteiger partial charge < -0.3 is 16.0 Å². The van der Waals surface area contributed by atoms with Crippen LogP contribution in [0, 0.1) is 11.7 Å². The second-order valence-electron chi connectivity index (χ2n) is 9.85. The van der Waals surface area contributed by atoms with Crippen molar-refractivity contribution in [1.29, 1.82) is 0 Å². The van der Waals surface area contributed by atoms with Crippen LogP contribution in [0.5, 0.6) is 0 Å². The van der Waals surface area contributed by atoms with Crippen molar-refractivity contribution >= 4 is 37.9 Å². The van der Waals surface area contributed by atoms with Gasteiger partial charge in [0.25, 0.3) is 0 Å². The first kappa shape index (κ1) is 25.0. The van der Waals surface area contributed by atoms with E-state index in [1.807, 2.05) is 33.2 Å². The molecule has 4 aromatic rings. The van der Waals surface area contributed by atoms with Crippen LogP contribution in [0.1, 0.15) is 25.3 Å². The Balaban J connectivity index is 1.50. The van der Waals surface area contributed by atoms with Gasteiger partial charge >= 0.3 is 0 Å². The number of benzene rings is 1. The standard InChI is InChI=1S/C25H29FN8O2S/c1-14(2)17-7-20(26)23(34-12-16(24(34)27)13-37(4,35)36)19-10-29-22(8-18(17)19)31-21-5-6-28-25(32-21)15-9-30-33(3)11-15/h5-11,14,16,24H,12-13,27H2,1-4H3,(H,28,29,31,32)/t16-,24+/m1/s1. The first-order chi connectivity index (χ1) is 17.5. The molecule has 2 atom stereocenters. The third-order valence-electron chi connectivity index (χ3n) is 6.55. The number of nitrogens with one attached hydrogen (secondary N) is 1. The maximum absolute atomic E-state index is 15.4. The maximum Gasteiger partial charge on any atom is 0.164 e. The van der Waals surface area contributed by atoms with Gasteiger partial charge in [-0.05, 0) is 35.1 Å². The zero-order chi connectivity index (χ0) is 26.5. The molecular formula is C25H29FN8O2S. The number of aromatic nitrogens is 5. The predicted octanol–water partition coefficient (Wildman–Crippen LogP) is 3.20. The SMILES string of the molecule is CC(C)c1cc(F)c(N2C[C@H](CS(C)(=O)=O)[C@H]2N)c2cnc(Nc3ccnc(-c4cnn(C)c4)n3)cc12.